The van der Waals surface area contributed by atoms with Crippen molar-refractivity contribution in [3.8, 4) is 17.1 Å². The number of nitrogens with one attached hydrogen (secondary N) is 1. The smallest absolute Gasteiger partial charge is 0.237 e. The third-order valence-corrected chi connectivity index (χ3v) is 9.52. The molecular formula is C36H47N3O3S. The Labute approximate surface area is 261 Å². The minimum absolute atomic E-state index is 0.0204. The van der Waals surface area contributed by atoms with Crippen LogP contribution in [-0.4, -0.2) is 33.1 Å². The van der Waals surface area contributed by atoms with Crippen molar-refractivity contribution in [1.29, 1.82) is 0 Å². The second-order valence-corrected chi connectivity index (χ2v) is 15.5. The quantitative estimate of drug-likeness (QED) is 0.285. The normalized spacial score (nSPS) is 23.0. The van der Waals surface area contributed by atoms with Crippen LogP contribution in [0.15, 0.2) is 53.4 Å². The molecule has 2 N–H and O–H groups in total. The molecule has 1 aliphatic carbocycles. The van der Waals surface area contributed by atoms with Crippen LogP contribution in [0.2, 0.25) is 0 Å². The summed E-state index contributed by atoms with van der Waals surface area (Å²) in [6.07, 6.45) is 3.98. The van der Waals surface area contributed by atoms with Crippen LogP contribution in [0.5, 0.6) is 5.88 Å². The Kier molecular flexibility index (Phi) is 9.24. The van der Waals surface area contributed by atoms with Gasteiger partial charge < -0.3 is 9.84 Å². The highest BCUT2D eigenvalue weighted by Crippen LogP contribution is 2.48. The first-order valence-electron chi connectivity index (χ1n) is 15.6. The number of carbonyl (C=O) groups is 1. The van der Waals surface area contributed by atoms with Crippen molar-refractivity contribution in [3.05, 3.63) is 65.2 Å². The van der Waals surface area contributed by atoms with Gasteiger partial charge in [-0.2, -0.15) is 4.98 Å². The Morgan fingerprint density at radius 2 is 1.67 bits per heavy atom. The van der Waals surface area contributed by atoms with E-state index < -0.39 is 5.60 Å². The number of aromatic nitrogens is 2. The average Bonchev–Trinajstić information content (AvgIpc) is 2.87. The number of hydrogen-bond acceptors (Lipinski definition) is 7. The van der Waals surface area contributed by atoms with Crippen LogP contribution >= 0.6 is 11.9 Å². The zero-order chi connectivity index (χ0) is 30.9. The topological polar surface area (TPSA) is 84.3 Å². The van der Waals surface area contributed by atoms with Crippen molar-refractivity contribution in [3.63, 3.8) is 0 Å². The Balaban J connectivity index is 1.54. The number of anilines is 1. The van der Waals surface area contributed by atoms with E-state index in [1.54, 1.807) is 0 Å². The van der Waals surface area contributed by atoms with Gasteiger partial charge in [-0.25, -0.2) is 4.98 Å². The number of ketones is 1. The summed E-state index contributed by atoms with van der Waals surface area (Å²) in [5, 5.41) is 10.4. The van der Waals surface area contributed by atoms with Crippen LogP contribution < -0.4 is 9.46 Å². The molecule has 43 heavy (non-hydrogen) atoms. The van der Waals surface area contributed by atoms with Crippen molar-refractivity contribution in [2.75, 3.05) is 11.3 Å². The zero-order valence-electron chi connectivity index (χ0n) is 26.7. The number of benzene rings is 2. The van der Waals surface area contributed by atoms with Gasteiger partial charge in [0.15, 0.2) is 0 Å². The molecule has 1 fully saturated rings. The molecule has 6 nitrogen and oxygen atoms in total. The minimum Gasteiger partial charge on any atom is -0.477 e. The molecule has 1 aromatic heterocycles. The average molecular weight is 602 g/mol. The molecule has 5 rings (SSSR count). The van der Waals surface area contributed by atoms with Gasteiger partial charge in [-0.05, 0) is 111 Å². The summed E-state index contributed by atoms with van der Waals surface area (Å²) < 4.78 is 9.89. The predicted octanol–water partition coefficient (Wildman–Crippen LogP) is 8.24. The van der Waals surface area contributed by atoms with E-state index in [2.05, 4.69) is 63.6 Å². The lowest BCUT2D eigenvalue weighted by Crippen LogP contribution is -2.44. The number of fused-ring (bicyclic) bond motifs is 4. The van der Waals surface area contributed by atoms with Crippen LogP contribution in [0.3, 0.4) is 0 Å². The third-order valence-electron chi connectivity index (χ3n) is 8.74. The highest BCUT2D eigenvalue weighted by atomic mass is 32.2. The van der Waals surface area contributed by atoms with Crippen molar-refractivity contribution < 1.29 is 14.6 Å². The molecule has 0 amide bonds. The van der Waals surface area contributed by atoms with E-state index in [4.69, 9.17) is 14.7 Å². The third kappa shape index (κ3) is 8.18. The van der Waals surface area contributed by atoms with Crippen molar-refractivity contribution >= 4 is 23.7 Å². The van der Waals surface area contributed by atoms with E-state index in [1.807, 2.05) is 38.1 Å². The maximum Gasteiger partial charge on any atom is 0.237 e. The number of Topliss-reactive ketones (excluding diaryl/α,β-unsaturated/α-hetero) is 1. The maximum absolute atomic E-state index is 14.3. The molecule has 1 aliphatic heterocycles. The molecule has 4 bridgehead atoms. The lowest BCUT2D eigenvalue weighted by Gasteiger charge is -2.45. The first kappa shape index (κ1) is 31.5. The van der Waals surface area contributed by atoms with E-state index in [0.717, 1.165) is 58.5 Å². The summed E-state index contributed by atoms with van der Waals surface area (Å²) in [5.41, 5.74) is 4.54. The molecular weight excluding hydrogens is 554 g/mol. The Morgan fingerprint density at radius 3 is 2.35 bits per heavy atom. The fourth-order valence-electron chi connectivity index (χ4n) is 7.17. The summed E-state index contributed by atoms with van der Waals surface area (Å²) in [5.74, 6) is 1.95. The molecule has 2 aliphatic rings. The van der Waals surface area contributed by atoms with Gasteiger partial charge in [-0.15, -0.1) is 0 Å². The highest BCUT2D eigenvalue weighted by molar-refractivity contribution is 8.00. The summed E-state index contributed by atoms with van der Waals surface area (Å²) in [6.45, 7) is 15.1. The van der Waals surface area contributed by atoms with E-state index in [-0.39, 0.29) is 29.0 Å². The first-order chi connectivity index (χ1) is 20.2. The maximum atomic E-state index is 14.3. The molecule has 2 aromatic carbocycles. The second kappa shape index (κ2) is 12.6. The van der Waals surface area contributed by atoms with Gasteiger partial charge in [-0.3, -0.25) is 9.52 Å². The highest BCUT2D eigenvalue weighted by Gasteiger charge is 2.44. The minimum atomic E-state index is -0.694. The van der Waals surface area contributed by atoms with Gasteiger partial charge in [0.05, 0.1) is 17.9 Å². The monoisotopic (exact) mass is 601 g/mol. The summed E-state index contributed by atoms with van der Waals surface area (Å²) in [4.78, 5) is 24.9. The fourth-order valence-corrected chi connectivity index (χ4v) is 7.82. The van der Waals surface area contributed by atoms with E-state index in [9.17, 15) is 9.90 Å². The van der Waals surface area contributed by atoms with E-state index in [0.29, 0.717) is 30.8 Å². The summed E-state index contributed by atoms with van der Waals surface area (Å²) in [7, 11) is 0. The lowest BCUT2D eigenvalue weighted by molar-refractivity contribution is -0.130. The number of aliphatic hydroxyl groups is 1. The van der Waals surface area contributed by atoms with Crippen LogP contribution in [0, 0.1) is 42.9 Å². The molecule has 1 unspecified atom stereocenters. The van der Waals surface area contributed by atoms with Crippen LogP contribution in [0.4, 0.5) is 5.95 Å². The van der Waals surface area contributed by atoms with Crippen molar-refractivity contribution in [2.45, 2.75) is 91.1 Å². The molecule has 0 radical (unpaired) electrons. The molecule has 0 saturated heterocycles. The molecule has 0 spiro atoms. The zero-order valence-corrected chi connectivity index (χ0v) is 27.6. The number of hydrogen-bond donors (Lipinski definition) is 2. The van der Waals surface area contributed by atoms with E-state index in [1.165, 1.54) is 11.9 Å². The number of carbonyl (C=O) groups excluding carboxylic acids is 1. The lowest BCUT2D eigenvalue weighted by atomic mass is 9.60. The number of aryl methyl sites for hydroxylation is 2. The van der Waals surface area contributed by atoms with Crippen LogP contribution in [0.1, 0.15) is 77.0 Å². The number of nitrogens with zero attached hydrogens (tertiary/aromatic N) is 2. The van der Waals surface area contributed by atoms with E-state index >= 15 is 0 Å². The second-order valence-electron chi connectivity index (χ2n) is 14.7. The SMILES string of the molecule is Cc1cccc(C)c1-c1cc2nc(n1)NSc1cccc(c1)CC(=O)C(C1CC(CC(C)(C)O)C1)[C@H](CC(C)(C)C)CO2. The molecule has 1 saturated carbocycles. The number of rotatable bonds is 5. The van der Waals surface area contributed by atoms with Crippen LogP contribution in [-0.2, 0) is 11.2 Å². The Hall–Kier alpha value is -2.90. The molecule has 2 heterocycles. The Bertz CT molecular complexity index is 1430. The molecule has 230 valence electrons. The van der Waals surface area contributed by atoms with Gasteiger partial charge >= 0.3 is 0 Å². The van der Waals surface area contributed by atoms with Gasteiger partial charge in [0.1, 0.15) is 5.78 Å². The van der Waals surface area contributed by atoms with Crippen molar-refractivity contribution in [1.82, 2.24) is 9.97 Å². The molecule has 3 aromatic rings. The standard InChI is InChI=1S/C36H47N3O3S/c1-22-10-8-11-23(2)32(22)29-18-31-38-34(37-29)39-43-28-13-9-12-24(16-28)17-30(40)33(27(21-42-31)20-35(3,4)5)26-14-25(15-26)19-36(6,7)41/h8-13,16,18,25-27,33,41H,14-15,17,19-21H2,1-7H3,(H,37,38,39)/t25?,26?,27-,33?/m1/s1. The summed E-state index contributed by atoms with van der Waals surface area (Å²) >= 11 is 1.44. The molecule has 2 atom stereocenters. The van der Waals surface area contributed by atoms with Crippen molar-refractivity contribution in [2.24, 2.45) is 29.1 Å². The first-order valence-corrected chi connectivity index (χ1v) is 16.4. The van der Waals surface area contributed by atoms with Gasteiger partial charge in [0.25, 0.3) is 0 Å². The largest absolute Gasteiger partial charge is 0.477 e. The molecule has 7 heteroatoms. The Morgan fingerprint density at radius 1 is 0.977 bits per heavy atom. The van der Waals surface area contributed by atoms with Gasteiger partial charge in [0, 0.05) is 34.8 Å². The fraction of sp³-hybridized carbons (Fsp3) is 0.528. The predicted molar refractivity (Wildman–Crippen MR) is 175 cm³/mol. The van der Waals surface area contributed by atoms with Crippen LogP contribution in [0.25, 0.3) is 11.3 Å². The van der Waals surface area contributed by atoms with Gasteiger partial charge in [0.2, 0.25) is 11.8 Å². The van der Waals surface area contributed by atoms with Gasteiger partial charge in [-0.1, -0.05) is 51.1 Å². The number of ether oxygens (including phenoxy) is 1. The summed E-state index contributed by atoms with van der Waals surface area (Å²) in [6, 6.07) is 16.4.